The molecule has 5 heteroatoms. The third-order valence-electron chi connectivity index (χ3n) is 2.64. The second-order valence-electron chi connectivity index (χ2n) is 3.98. The van der Waals surface area contributed by atoms with Crippen LogP contribution >= 0.6 is 0 Å². The monoisotopic (exact) mass is 259 g/mol. The average molecular weight is 259 g/mol. The van der Waals surface area contributed by atoms with Gasteiger partial charge < -0.3 is 0 Å². The maximum Gasteiger partial charge on any atom is 0.159 e. The van der Waals surface area contributed by atoms with Crippen LogP contribution in [-0.4, -0.2) is 4.98 Å². The van der Waals surface area contributed by atoms with Gasteiger partial charge in [-0.15, -0.1) is 0 Å². The summed E-state index contributed by atoms with van der Waals surface area (Å²) in [6, 6.07) is 8.40. The van der Waals surface area contributed by atoms with Gasteiger partial charge in [0.1, 0.15) is 6.04 Å². The molecular formula is C14H11F2N3. The first-order valence-electron chi connectivity index (χ1n) is 5.67. The molecule has 1 atom stereocenters. The van der Waals surface area contributed by atoms with E-state index in [-0.39, 0.29) is 0 Å². The first-order valence-corrected chi connectivity index (χ1v) is 5.67. The molecule has 1 unspecified atom stereocenters. The van der Waals surface area contributed by atoms with Crippen LogP contribution in [0.4, 0.5) is 8.78 Å². The molecule has 0 radical (unpaired) electrons. The van der Waals surface area contributed by atoms with E-state index in [0.29, 0.717) is 12.1 Å². The minimum atomic E-state index is -0.957. The Morgan fingerprint density at radius 1 is 1.26 bits per heavy atom. The highest BCUT2D eigenvalue weighted by molar-refractivity contribution is 5.26. The van der Waals surface area contributed by atoms with E-state index in [1.54, 1.807) is 18.5 Å². The second kappa shape index (κ2) is 6.03. The van der Waals surface area contributed by atoms with Crippen LogP contribution in [0.15, 0.2) is 42.7 Å². The maximum absolute atomic E-state index is 13.1. The zero-order valence-electron chi connectivity index (χ0n) is 9.98. The third-order valence-corrected chi connectivity index (χ3v) is 2.64. The van der Waals surface area contributed by atoms with Crippen LogP contribution in [0.2, 0.25) is 0 Å². The molecule has 0 saturated heterocycles. The molecule has 2 aromatic rings. The van der Waals surface area contributed by atoms with E-state index in [9.17, 15) is 8.78 Å². The molecule has 0 spiro atoms. The molecule has 0 fully saturated rings. The van der Waals surface area contributed by atoms with Gasteiger partial charge in [0.2, 0.25) is 0 Å². The number of hydrogen-bond donors (Lipinski definition) is 1. The van der Waals surface area contributed by atoms with Crippen molar-refractivity contribution in [1.82, 2.24) is 10.3 Å². The van der Waals surface area contributed by atoms with Crippen molar-refractivity contribution in [2.45, 2.75) is 12.6 Å². The number of halogens is 2. The van der Waals surface area contributed by atoms with E-state index in [2.05, 4.69) is 10.3 Å². The highest BCUT2D eigenvalue weighted by Gasteiger charge is 2.12. The molecule has 0 aliphatic heterocycles. The van der Waals surface area contributed by atoms with Crippen LogP contribution in [0, 0.1) is 23.0 Å². The highest BCUT2D eigenvalue weighted by atomic mass is 19.2. The number of aromatic nitrogens is 1. The number of nitrogens with one attached hydrogen (secondary N) is 1. The minimum absolute atomic E-state index is 0.394. The summed E-state index contributed by atoms with van der Waals surface area (Å²) in [4.78, 5) is 3.95. The summed E-state index contributed by atoms with van der Waals surface area (Å²) >= 11 is 0. The largest absolute Gasteiger partial charge is 0.294 e. The van der Waals surface area contributed by atoms with E-state index in [4.69, 9.17) is 5.26 Å². The van der Waals surface area contributed by atoms with Gasteiger partial charge in [0.15, 0.2) is 11.6 Å². The van der Waals surface area contributed by atoms with Crippen LogP contribution in [0.25, 0.3) is 0 Å². The number of nitriles is 1. The van der Waals surface area contributed by atoms with E-state index in [0.717, 1.165) is 17.7 Å². The van der Waals surface area contributed by atoms with Crippen LogP contribution in [-0.2, 0) is 6.54 Å². The second-order valence-corrected chi connectivity index (χ2v) is 3.98. The molecule has 2 rings (SSSR count). The van der Waals surface area contributed by atoms with Gasteiger partial charge in [-0.3, -0.25) is 10.3 Å². The maximum atomic E-state index is 13.1. The fraction of sp³-hybridized carbons (Fsp3) is 0.143. The summed E-state index contributed by atoms with van der Waals surface area (Å²) in [7, 11) is 0. The molecule has 0 aliphatic carbocycles. The Bertz CT molecular complexity index is 593. The third kappa shape index (κ3) is 3.33. The van der Waals surface area contributed by atoms with E-state index >= 15 is 0 Å². The first kappa shape index (κ1) is 13.1. The van der Waals surface area contributed by atoms with Gasteiger partial charge in [-0.1, -0.05) is 12.1 Å². The Kier molecular flexibility index (Phi) is 4.16. The Labute approximate surface area is 109 Å². The van der Waals surface area contributed by atoms with Crippen LogP contribution in [0.5, 0.6) is 0 Å². The van der Waals surface area contributed by atoms with Crippen molar-refractivity contribution in [1.29, 1.82) is 5.26 Å². The van der Waals surface area contributed by atoms with Crippen molar-refractivity contribution in [3.63, 3.8) is 0 Å². The van der Waals surface area contributed by atoms with Crippen LogP contribution in [0.1, 0.15) is 17.2 Å². The SMILES string of the molecule is N#CC(NCc1cccnc1)c1ccc(F)c(F)c1. The quantitative estimate of drug-likeness (QED) is 0.918. The van der Waals surface area contributed by atoms with Crippen LogP contribution in [0.3, 0.4) is 0 Å². The summed E-state index contributed by atoms with van der Waals surface area (Å²) < 4.78 is 25.9. The van der Waals surface area contributed by atoms with Crippen LogP contribution < -0.4 is 5.32 Å². The molecule has 1 heterocycles. The number of pyridine rings is 1. The van der Waals surface area contributed by atoms with E-state index in [1.165, 1.54) is 6.07 Å². The minimum Gasteiger partial charge on any atom is -0.294 e. The van der Waals surface area contributed by atoms with Crippen molar-refractivity contribution >= 4 is 0 Å². The van der Waals surface area contributed by atoms with Crippen molar-refractivity contribution in [2.75, 3.05) is 0 Å². The van der Waals surface area contributed by atoms with E-state index in [1.807, 2.05) is 12.1 Å². The lowest BCUT2D eigenvalue weighted by Crippen LogP contribution is -2.19. The summed E-state index contributed by atoms with van der Waals surface area (Å²) in [6.45, 7) is 0.422. The molecule has 1 aromatic carbocycles. The smallest absolute Gasteiger partial charge is 0.159 e. The van der Waals surface area contributed by atoms with E-state index < -0.39 is 17.7 Å². The van der Waals surface area contributed by atoms with Gasteiger partial charge in [-0.2, -0.15) is 5.26 Å². The Morgan fingerprint density at radius 2 is 2.11 bits per heavy atom. The summed E-state index contributed by atoms with van der Waals surface area (Å²) in [5, 5.41) is 12.0. The average Bonchev–Trinajstić information content (AvgIpc) is 2.44. The van der Waals surface area contributed by atoms with Gasteiger partial charge in [-0.25, -0.2) is 8.78 Å². The zero-order chi connectivity index (χ0) is 13.7. The number of benzene rings is 1. The fourth-order valence-electron chi connectivity index (χ4n) is 1.65. The molecule has 0 amide bonds. The molecule has 0 bridgehead atoms. The van der Waals surface area contributed by atoms with Crippen molar-refractivity contribution in [3.05, 3.63) is 65.5 Å². The zero-order valence-corrected chi connectivity index (χ0v) is 9.98. The standard InChI is InChI=1S/C14H11F2N3/c15-12-4-3-11(6-13(12)16)14(7-17)19-9-10-2-1-5-18-8-10/h1-6,8,14,19H,9H2. The summed E-state index contributed by atoms with van der Waals surface area (Å²) in [5.74, 6) is -1.88. The lowest BCUT2D eigenvalue weighted by atomic mass is 10.1. The molecule has 19 heavy (non-hydrogen) atoms. The Hall–Kier alpha value is -2.32. The summed E-state index contributed by atoms with van der Waals surface area (Å²) in [5.41, 5.74) is 1.30. The predicted octanol–water partition coefficient (Wildman–Crippen LogP) is 2.71. The number of rotatable bonds is 4. The van der Waals surface area contributed by atoms with Gasteiger partial charge >= 0.3 is 0 Å². The lowest BCUT2D eigenvalue weighted by molar-refractivity contribution is 0.504. The molecule has 3 nitrogen and oxygen atoms in total. The van der Waals surface area contributed by atoms with Gasteiger partial charge in [0, 0.05) is 18.9 Å². The molecular weight excluding hydrogens is 248 g/mol. The highest BCUT2D eigenvalue weighted by Crippen LogP contribution is 2.16. The van der Waals surface area contributed by atoms with Gasteiger partial charge in [-0.05, 0) is 29.3 Å². The topological polar surface area (TPSA) is 48.7 Å². The molecule has 96 valence electrons. The van der Waals surface area contributed by atoms with Gasteiger partial charge in [0.05, 0.1) is 6.07 Å². The normalized spacial score (nSPS) is 11.8. The van der Waals surface area contributed by atoms with Crippen molar-refractivity contribution in [2.24, 2.45) is 0 Å². The van der Waals surface area contributed by atoms with Crippen molar-refractivity contribution < 1.29 is 8.78 Å². The Morgan fingerprint density at radius 3 is 2.74 bits per heavy atom. The Balaban J connectivity index is 2.08. The molecule has 1 N–H and O–H groups in total. The predicted molar refractivity (Wildman–Crippen MR) is 65.8 cm³/mol. The fourth-order valence-corrected chi connectivity index (χ4v) is 1.65. The lowest BCUT2D eigenvalue weighted by Gasteiger charge is -2.12. The molecule has 1 aromatic heterocycles. The van der Waals surface area contributed by atoms with Gasteiger partial charge in [0.25, 0.3) is 0 Å². The summed E-state index contributed by atoms with van der Waals surface area (Å²) in [6.07, 6.45) is 3.33. The first-order chi connectivity index (χ1) is 9.20. The number of nitrogens with zero attached hydrogens (tertiary/aromatic N) is 2. The number of hydrogen-bond acceptors (Lipinski definition) is 3. The molecule has 0 aliphatic rings. The van der Waals surface area contributed by atoms with Crippen molar-refractivity contribution in [3.8, 4) is 6.07 Å². The molecule has 0 saturated carbocycles.